The van der Waals surface area contributed by atoms with Gasteiger partial charge in [-0.3, -0.25) is 0 Å². The van der Waals surface area contributed by atoms with Crippen LogP contribution in [0.2, 0.25) is 5.02 Å². The van der Waals surface area contributed by atoms with Crippen molar-refractivity contribution in [1.29, 1.82) is 0 Å². The van der Waals surface area contributed by atoms with Gasteiger partial charge >= 0.3 is 0 Å². The molecule has 4 aromatic heterocycles. The normalized spacial score (nSPS) is 13.3. The molecule has 10 heteroatoms. The predicted molar refractivity (Wildman–Crippen MR) is 131 cm³/mol. The molecule has 0 unspecified atom stereocenters. The van der Waals surface area contributed by atoms with Crippen molar-refractivity contribution in [2.24, 2.45) is 7.05 Å². The average molecular weight is 487 g/mol. The summed E-state index contributed by atoms with van der Waals surface area (Å²) >= 11 is 6.34. The van der Waals surface area contributed by atoms with Crippen LogP contribution in [0.1, 0.15) is 24.5 Å². The van der Waals surface area contributed by atoms with Gasteiger partial charge in [0.1, 0.15) is 18.0 Å². The van der Waals surface area contributed by atoms with Gasteiger partial charge < -0.3 is 10.3 Å². The first-order chi connectivity index (χ1) is 17.0. The van der Waals surface area contributed by atoms with E-state index in [0.717, 1.165) is 35.2 Å². The highest BCUT2D eigenvalue weighted by Crippen LogP contribution is 2.42. The first-order valence-electron chi connectivity index (χ1n) is 11.1. The molecule has 0 atom stereocenters. The Morgan fingerprint density at radius 2 is 1.89 bits per heavy atom. The Morgan fingerprint density at radius 1 is 1.03 bits per heavy atom. The van der Waals surface area contributed by atoms with E-state index in [9.17, 15) is 4.39 Å². The second kappa shape index (κ2) is 8.28. The fraction of sp³-hybridized carbons (Fsp3) is 0.160. The second-order valence-corrected chi connectivity index (χ2v) is 9.02. The van der Waals surface area contributed by atoms with Crippen LogP contribution in [0.5, 0.6) is 0 Å². The molecule has 0 bridgehead atoms. The lowest BCUT2D eigenvalue weighted by molar-refractivity contribution is 0.628. The monoisotopic (exact) mass is 486 g/mol. The maximum Gasteiger partial charge on any atom is 0.164 e. The quantitative estimate of drug-likeness (QED) is 0.373. The Hall–Kier alpha value is -4.11. The number of nitrogen functional groups attached to an aromatic ring is 1. The first-order valence-corrected chi connectivity index (χ1v) is 11.5. The maximum absolute atomic E-state index is 14.3. The van der Waals surface area contributed by atoms with E-state index in [4.69, 9.17) is 22.3 Å². The first kappa shape index (κ1) is 21.4. The van der Waals surface area contributed by atoms with Gasteiger partial charge in [0.15, 0.2) is 11.6 Å². The van der Waals surface area contributed by atoms with E-state index in [1.54, 1.807) is 40.0 Å². The fourth-order valence-electron chi connectivity index (χ4n) is 4.11. The van der Waals surface area contributed by atoms with Gasteiger partial charge in [-0.25, -0.2) is 19.0 Å². The molecule has 5 aromatic rings. The number of rotatable bonds is 5. The lowest BCUT2D eigenvalue weighted by atomic mass is 9.98. The summed E-state index contributed by atoms with van der Waals surface area (Å²) in [5.41, 5.74) is 10.5. The van der Waals surface area contributed by atoms with Crippen LogP contribution in [0.3, 0.4) is 0 Å². The van der Waals surface area contributed by atoms with Crippen molar-refractivity contribution in [3.8, 4) is 39.6 Å². The van der Waals surface area contributed by atoms with Gasteiger partial charge in [-0.1, -0.05) is 17.7 Å². The minimum atomic E-state index is -0.341. The molecule has 2 N–H and O–H groups in total. The van der Waals surface area contributed by atoms with Gasteiger partial charge in [0.25, 0.3) is 0 Å². The summed E-state index contributed by atoms with van der Waals surface area (Å²) in [6.07, 6.45) is 7.27. The third-order valence-electron chi connectivity index (χ3n) is 6.03. The van der Waals surface area contributed by atoms with Crippen molar-refractivity contribution >= 4 is 17.4 Å². The number of halogens is 2. The molecule has 0 aliphatic heterocycles. The number of anilines is 1. The number of pyridine rings is 2. The Bertz CT molecular complexity index is 1570. The largest absolute Gasteiger partial charge is 0.384 e. The van der Waals surface area contributed by atoms with Crippen LogP contribution in [0.25, 0.3) is 39.6 Å². The number of nitrogens with two attached hydrogens (primary N) is 1. The number of hydrogen-bond donors (Lipinski definition) is 1. The van der Waals surface area contributed by atoms with Gasteiger partial charge in [-0.05, 0) is 60.4 Å². The Balaban J connectivity index is 1.49. The van der Waals surface area contributed by atoms with Crippen molar-refractivity contribution in [3.63, 3.8) is 0 Å². The summed E-state index contributed by atoms with van der Waals surface area (Å²) < 4.78 is 17.7. The molecule has 35 heavy (non-hydrogen) atoms. The number of aryl methyl sites for hydroxylation is 1. The topological polar surface area (TPSA) is 100 Å². The Labute approximate surface area is 205 Å². The zero-order valence-electron chi connectivity index (χ0n) is 18.7. The van der Waals surface area contributed by atoms with Crippen LogP contribution in [-0.4, -0.2) is 34.5 Å². The van der Waals surface area contributed by atoms with Gasteiger partial charge in [-0.2, -0.15) is 5.10 Å². The summed E-state index contributed by atoms with van der Waals surface area (Å²) in [6, 6.07) is 12.1. The molecule has 0 saturated heterocycles. The summed E-state index contributed by atoms with van der Waals surface area (Å²) in [4.78, 5) is 9.23. The summed E-state index contributed by atoms with van der Waals surface area (Å²) in [5.74, 6) is 1.65. The van der Waals surface area contributed by atoms with E-state index in [2.05, 4.69) is 26.3 Å². The lowest BCUT2D eigenvalue weighted by Crippen LogP contribution is -2.02. The minimum Gasteiger partial charge on any atom is -0.384 e. The highest BCUT2D eigenvalue weighted by atomic mass is 35.5. The highest BCUT2D eigenvalue weighted by molar-refractivity contribution is 6.33. The summed E-state index contributed by atoms with van der Waals surface area (Å²) in [5, 5.41) is 13.2. The molecule has 4 heterocycles. The van der Waals surface area contributed by atoms with Gasteiger partial charge in [0.05, 0.1) is 16.9 Å². The number of benzene rings is 1. The molecule has 1 aromatic carbocycles. The number of hydrogen-bond acceptors (Lipinski definition) is 6. The molecule has 174 valence electrons. The lowest BCUT2D eigenvalue weighted by Gasteiger charge is -2.13. The van der Waals surface area contributed by atoms with Gasteiger partial charge in [0.2, 0.25) is 0 Å². The van der Waals surface area contributed by atoms with E-state index < -0.39 is 0 Å². The standard InChI is InChI=1S/C25H20ClFN8/c1-34-13-29-33-25(34)19-10-17(27)4-5-18(19)15-8-21(14-2-3-14)31-23(9-15)35-12-16(11-30-35)24-20(26)6-7-22(28)32-24/h4-14H,2-3H2,1H3,(H2,28,32). The van der Waals surface area contributed by atoms with Gasteiger partial charge in [0, 0.05) is 36.0 Å². The minimum absolute atomic E-state index is 0.341. The van der Waals surface area contributed by atoms with Crippen LogP contribution >= 0.6 is 11.6 Å². The van der Waals surface area contributed by atoms with Crippen molar-refractivity contribution in [2.45, 2.75) is 18.8 Å². The number of nitrogens with zero attached hydrogens (tertiary/aromatic N) is 7. The van der Waals surface area contributed by atoms with Crippen LogP contribution in [0, 0.1) is 5.82 Å². The maximum atomic E-state index is 14.3. The molecule has 1 aliphatic rings. The number of aromatic nitrogens is 7. The molecule has 8 nitrogen and oxygen atoms in total. The molecular formula is C25H20ClFN8. The van der Waals surface area contributed by atoms with Crippen LogP contribution in [0.4, 0.5) is 10.2 Å². The van der Waals surface area contributed by atoms with Crippen molar-refractivity contribution in [3.05, 3.63) is 77.7 Å². The van der Waals surface area contributed by atoms with Crippen LogP contribution in [0.15, 0.2) is 61.2 Å². The van der Waals surface area contributed by atoms with Gasteiger partial charge in [-0.15, -0.1) is 10.2 Å². The van der Waals surface area contributed by atoms with E-state index >= 15 is 0 Å². The Kier molecular flexibility index (Phi) is 5.07. The third kappa shape index (κ3) is 4.04. The predicted octanol–water partition coefficient (Wildman–Crippen LogP) is 5.04. The molecule has 1 fully saturated rings. The Morgan fingerprint density at radius 3 is 2.66 bits per heavy atom. The fourth-order valence-corrected chi connectivity index (χ4v) is 4.32. The van der Waals surface area contributed by atoms with E-state index in [0.29, 0.717) is 39.7 Å². The summed E-state index contributed by atoms with van der Waals surface area (Å²) in [7, 11) is 1.83. The van der Waals surface area contributed by atoms with E-state index in [1.165, 1.54) is 12.1 Å². The second-order valence-electron chi connectivity index (χ2n) is 8.61. The SMILES string of the molecule is Cn1cnnc1-c1cc(F)ccc1-c1cc(C2CC2)nc(-n2cc(-c3nc(N)ccc3Cl)cn2)c1. The van der Waals surface area contributed by atoms with Crippen LogP contribution < -0.4 is 5.73 Å². The molecule has 0 radical (unpaired) electrons. The smallest absolute Gasteiger partial charge is 0.164 e. The highest BCUT2D eigenvalue weighted by Gasteiger charge is 2.27. The van der Waals surface area contributed by atoms with Crippen LogP contribution in [-0.2, 0) is 7.05 Å². The molecular weight excluding hydrogens is 467 g/mol. The molecule has 0 spiro atoms. The molecule has 1 saturated carbocycles. The average Bonchev–Trinajstić information content (AvgIpc) is 3.43. The molecule has 6 rings (SSSR count). The van der Waals surface area contributed by atoms with E-state index in [1.807, 2.05) is 19.3 Å². The zero-order chi connectivity index (χ0) is 24.1. The molecule has 1 aliphatic carbocycles. The molecule has 0 amide bonds. The third-order valence-corrected chi connectivity index (χ3v) is 6.34. The van der Waals surface area contributed by atoms with Crippen molar-refractivity contribution in [2.75, 3.05) is 5.73 Å². The van der Waals surface area contributed by atoms with E-state index in [-0.39, 0.29) is 5.82 Å². The van der Waals surface area contributed by atoms with Crippen molar-refractivity contribution < 1.29 is 4.39 Å². The zero-order valence-corrected chi connectivity index (χ0v) is 19.5. The van der Waals surface area contributed by atoms with Crippen molar-refractivity contribution in [1.82, 2.24) is 34.5 Å². The summed E-state index contributed by atoms with van der Waals surface area (Å²) in [6.45, 7) is 0.